The van der Waals surface area contributed by atoms with E-state index in [4.69, 9.17) is 14.2 Å². The molecule has 0 heterocycles. The molecule has 12 heteroatoms. The highest BCUT2D eigenvalue weighted by Crippen LogP contribution is 2.38. The molecule has 2 rings (SSSR count). The molecule has 2 aromatic carbocycles. The molecule has 40 heavy (non-hydrogen) atoms. The molecule has 0 saturated heterocycles. The molecule has 0 fully saturated rings. The topological polar surface area (TPSA) is 73.9 Å². The number of carbonyl (C=O) groups is 2. The molecule has 0 aliphatic carbocycles. The van der Waals surface area contributed by atoms with Gasteiger partial charge in [0.2, 0.25) is 0 Å². The smallest absolute Gasteiger partial charge is 0.416 e. The standard InChI is InChI=1S/C28H33F6NO5/c1-6-38-23(36)12-13-26(20-10-8-7-9-11-20,35-24(37)40-25(3,4)5)17-39-18(2)19-14-21(27(29,30)31)16-22(15-19)28(32,33)34/h7-11,14-16,18H,6,12-13,17H2,1-5H3,(H,35,37)/t18-,26-/m1/s1. The van der Waals surface area contributed by atoms with Gasteiger partial charge in [-0.3, -0.25) is 4.79 Å². The Morgan fingerprint density at radius 2 is 1.43 bits per heavy atom. The van der Waals surface area contributed by atoms with E-state index in [-0.39, 0.29) is 31.1 Å². The highest BCUT2D eigenvalue weighted by molar-refractivity contribution is 5.71. The summed E-state index contributed by atoms with van der Waals surface area (Å²) in [7, 11) is 0. The van der Waals surface area contributed by atoms with Crippen molar-refractivity contribution in [2.24, 2.45) is 0 Å². The number of ether oxygens (including phenoxy) is 3. The van der Waals surface area contributed by atoms with Crippen LogP contribution in [0, 0.1) is 0 Å². The molecular weight excluding hydrogens is 544 g/mol. The maximum Gasteiger partial charge on any atom is 0.416 e. The molecule has 0 unspecified atom stereocenters. The van der Waals surface area contributed by atoms with Gasteiger partial charge < -0.3 is 19.5 Å². The number of carbonyl (C=O) groups excluding carboxylic acids is 2. The number of benzene rings is 2. The molecule has 0 bridgehead atoms. The van der Waals surface area contributed by atoms with Gasteiger partial charge in [-0.05, 0) is 70.4 Å². The quantitative estimate of drug-likeness (QED) is 0.233. The van der Waals surface area contributed by atoms with Gasteiger partial charge in [-0.15, -0.1) is 0 Å². The number of nitrogens with one attached hydrogen (secondary N) is 1. The third-order valence-electron chi connectivity index (χ3n) is 5.79. The fourth-order valence-electron chi connectivity index (χ4n) is 3.85. The fourth-order valence-corrected chi connectivity index (χ4v) is 3.85. The van der Waals surface area contributed by atoms with Gasteiger partial charge in [0.1, 0.15) is 5.60 Å². The Hall–Kier alpha value is -3.28. The van der Waals surface area contributed by atoms with Crippen molar-refractivity contribution in [2.75, 3.05) is 13.2 Å². The van der Waals surface area contributed by atoms with Gasteiger partial charge in [-0.2, -0.15) is 26.3 Å². The largest absolute Gasteiger partial charge is 0.466 e. The molecular formula is C28H33F6NO5. The molecule has 0 aliphatic heterocycles. The number of alkyl halides is 6. The highest BCUT2D eigenvalue weighted by Gasteiger charge is 2.39. The van der Waals surface area contributed by atoms with E-state index in [0.717, 1.165) is 0 Å². The lowest BCUT2D eigenvalue weighted by Gasteiger charge is -2.36. The van der Waals surface area contributed by atoms with E-state index >= 15 is 0 Å². The van der Waals surface area contributed by atoms with Crippen molar-refractivity contribution in [1.82, 2.24) is 5.32 Å². The SMILES string of the molecule is CCOC(=O)CC[C@](CO[C@H](C)c1cc(C(F)(F)F)cc(C(F)(F)F)c1)(NC(=O)OC(C)(C)C)c1ccccc1. The normalized spacial score (nSPS) is 14.7. The van der Waals surface area contributed by atoms with Gasteiger partial charge in [-0.25, -0.2) is 4.79 Å². The van der Waals surface area contributed by atoms with E-state index in [1.54, 1.807) is 58.0 Å². The first-order valence-electron chi connectivity index (χ1n) is 12.5. The minimum atomic E-state index is -5.03. The predicted molar refractivity (Wildman–Crippen MR) is 134 cm³/mol. The molecule has 2 atom stereocenters. The molecule has 1 N–H and O–H groups in total. The Kier molecular flexibility index (Phi) is 10.6. The third-order valence-corrected chi connectivity index (χ3v) is 5.79. The van der Waals surface area contributed by atoms with Crippen molar-refractivity contribution in [1.29, 1.82) is 0 Å². The highest BCUT2D eigenvalue weighted by atomic mass is 19.4. The van der Waals surface area contributed by atoms with Crippen LogP contribution in [0.1, 0.15) is 75.8 Å². The monoisotopic (exact) mass is 577 g/mol. The maximum atomic E-state index is 13.4. The summed E-state index contributed by atoms with van der Waals surface area (Å²) in [5.41, 5.74) is -5.20. The molecule has 6 nitrogen and oxygen atoms in total. The maximum absolute atomic E-state index is 13.4. The fraction of sp³-hybridized carbons (Fsp3) is 0.500. The summed E-state index contributed by atoms with van der Waals surface area (Å²) in [6.45, 7) is 7.52. The van der Waals surface area contributed by atoms with Crippen molar-refractivity contribution in [3.8, 4) is 0 Å². The van der Waals surface area contributed by atoms with Crippen LogP contribution in [0.4, 0.5) is 31.1 Å². The molecule has 222 valence electrons. The van der Waals surface area contributed by atoms with Gasteiger partial charge >= 0.3 is 24.4 Å². The second-order valence-corrected chi connectivity index (χ2v) is 10.2. The lowest BCUT2D eigenvalue weighted by molar-refractivity contribution is -0.144. The number of alkyl carbamates (subject to hydrolysis) is 1. The number of amides is 1. The number of halogens is 6. The van der Waals surface area contributed by atoms with Crippen LogP contribution in [-0.4, -0.2) is 30.9 Å². The molecule has 1 amide bonds. The Labute approximate surface area is 229 Å². The lowest BCUT2D eigenvalue weighted by atomic mass is 9.86. The first-order chi connectivity index (χ1) is 18.4. The summed E-state index contributed by atoms with van der Waals surface area (Å²) in [6.07, 6.45) is -12.4. The minimum absolute atomic E-state index is 0.0356. The van der Waals surface area contributed by atoms with Crippen molar-refractivity contribution >= 4 is 12.1 Å². The summed E-state index contributed by atoms with van der Waals surface area (Å²) >= 11 is 0. The first kappa shape index (κ1) is 32.9. The zero-order valence-electron chi connectivity index (χ0n) is 22.8. The van der Waals surface area contributed by atoms with E-state index in [9.17, 15) is 35.9 Å². The van der Waals surface area contributed by atoms with Crippen LogP contribution in [0.2, 0.25) is 0 Å². The molecule has 0 spiro atoms. The number of esters is 1. The van der Waals surface area contributed by atoms with Gasteiger partial charge in [-0.1, -0.05) is 30.3 Å². The van der Waals surface area contributed by atoms with Crippen molar-refractivity contribution in [2.45, 2.75) is 77.1 Å². The van der Waals surface area contributed by atoms with Crippen LogP contribution in [0.25, 0.3) is 0 Å². The minimum Gasteiger partial charge on any atom is -0.466 e. The second-order valence-electron chi connectivity index (χ2n) is 10.2. The van der Waals surface area contributed by atoms with Gasteiger partial charge in [0.15, 0.2) is 0 Å². The molecule has 2 aromatic rings. The zero-order valence-corrected chi connectivity index (χ0v) is 22.8. The Bertz CT molecular complexity index is 1110. The Balaban J connectivity index is 2.51. The Morgan fingerprint density at radius 1 is 0.875 bits per heavy atom. The average molecular weight is 578 g/mol. The lowest BCUT2D eigenvalue weighted by Crippen LogP contribution is -2.51. The number of hydrogen-bond donors (Lipinski definition) is 1. The molecule has 0 saturated carbocycles. The average Bonchev–Trinajstić information content (AvgIpc) is 2.83. The van der Waals surface area contributed by atoms with Gasteiger partial charge in [0.25, 0.3) is 0 Å². The van der Waals surface area contributed by atoms with Crippen LogP contribution in [0.3, 0.4) is 0 Å². The van der Waals surface area contributed by atoms with Crippen LogP contribution >= 0.6 is 0 Å². The third kappa shape index (κ3) is 9.72. The summed E-state index contributed by atoms with van der Waals surface area (Å²) < 4.78 is 96.7. The summed E-state index contributed by atoms with van der Waals surface area (Å²) in [5.74, 6) is -0.574. The van der Waals surface area contributed by atoms with Crippen molar-refractivity contribution in [3.63, 3.8) is 0 Å². The van der Waals surface area contributed by atoms with Crippen LogP contribution < -0.4 is 5.32 Å². The van der Waals surface area contributed by atoms with E-state index in [0.29, 0.717) is 17.7 Å². The van der Waals surface area contributed by atoms with Crippen molar-refractivity contribution in [3.05, 3.63) is 70.8 Å². The van der Waals surface area contributed by atoms with Gasteiger partial charge in [0, 0.05) is 6.42 Å². The van der Waals surface area contributed by atoms with E-state index in [1.165, 1.54) is 6.92 Å². The molecule has 0 radical (unpaired) electrons. The summed E-state index contributed by atoms with van der Waals surface area (Å²) in [6, 6.07) is 9.53. The summed E-state index contributed by atoms with van der Waals surface area (Å²) in [4.78, 5) is 25.1. The van der Waals surface area contributed by atoms with E-state index < -0.39 is 59.4 Å². The number of rotatable bonds is 10. The summed E-state index contributed by atoms with van der Waals surface area (Å²) in [5, 5.41) is 2.73. The van der Waals surface area contributed by atoms with E-state index in [1.807, 2.05) is 0 Å². The molecule has 0 aromatic heterocycles. The second kappa shape index (κ2) is 12.9. The van der Waals surface area contributed by atoms with Crippen LogP contribution in [0.15, 0.2) is 48.5 Å². The van der Waals surface area contributed by atoms with Crippen LogP contribution in [0.5, 0.6) is 0 Å². The van der Waals surface area contributed by atoms with Crippen molar-refractivity contribution < 1.29 is 50.1 Å². The first-order valence-corrected chi connectivity index (χ1v) is 12.5. The Morgan fingerprint density at radius 3 is 1.90 bits per heavy atom. The zero-order chi connectivity index (χ0) is 30.4. The number of hydrogen-bond acceptors (Lipinski definition) is 5. The van der Waals surface area contributed by atoms with Crippen LogP contribution in [-0.2, 0) is 36.9 Å². The van der Waals surface area contributed by atoms with E-state index in [2.05, 4.69) is 5.32 Å². The predicted octanol–water partition coefficient (Wildman–Crippen LogP) is 7.57. The molecule has 0 aliphatic rings. The van der Waals surface area contributed by atoms with Gasteiger partial charge in [0.05, 0.1) is 36.0 Å².